The Morgan fingerprint density at radius 1 is 1.06 bits per heavy atom. The van der Waals surface area contributed by atoms with Gasteiger partial charge in [0.25, 0.3) is 0 Å². The molecule has 4 aromatic rings. The minimum Gasteiger partial charge on any atom is -0.423 e. The molecule has 0 fully saturated rings. The first-order chi connectivity index (χ1) is 14.8. The molecular formula is C21H15Cl3N4O2S. The highest BCUT2D eigenvalue weighted by Gasteiger charge is 2.11. The van der Waals surface area contributed by atoms with E-state index in [4.69, 9.17) is 51.4 Å². The zero-order chi connectivity index (χ0) is 22.1. The quantitative estimate of drug-likeness (QED) is 0.264. The topological polar surface area (TPSA) is 72.1 Å². The Balaban J connectivity index is 1.47. The third-order valence-electron chi connectivity index (χ3n) is 4.49. The summed E-state index contributed by atoms with van der Waals surface area (Å²) in [5, 5.41) is 13.0. The number of hydrogen-bond donors (Lipinski definition) is 2. The summed E-state index contributed by atoms with van der Waals surface area (Å²) in [5.74, 6) is 0.405. The van der Waals surface area contributed by atoms with E-state index in [1.807, 2.05) is 25.1 Å². The molecule has 0 saturated heterocycles. The number of fused-ring (bicyclic) bond motifs is 1. The van der Waals surface area contributed by atoms with Gasteiger partial charge in [0.2, 0.25) is 0 Å². The molecule has 6 nitrogen and oxygen atoms in total. The van der Waals surface area contributed by atoms with Crippen LogP contribution in [-0.2, 0) is 6.54 Å². The zero-order valence-electron chi connectivity index (χ0n) is 16.1. The average Bonchev–Trinajstić information content (AvgIpc) is 3.03. The predicted octanol–water partition coefficient (Wildman–Crippen LogP) is 6.12. The predicted molar refractivity (Wildman–Crippen MR) is 130 cm³/mol. The van der Waals surface area contributed by atoms with Gasteiger partial charge < -0.3 is 15.1 Å². The Morgan fingerprint density at radius 2 is 1.87 bits per heavy atom. The van der Waals surface area contributed by atoms with Crippen molar-refractivity contribution in [3.8, 4) is 0 Å². The van der Waals surface area contributed by atoms with Crippen molar-refractivity contribution in [1.82, 2.24) is 9.78 Å². The van der Waals surface area contributed by atoms with E-state index in [0.717, 1.165) is 16.5 Å². The van der Waals surface area contributed by atoms with Crippen molar-refractivity contribution in [2.24, 2.45) is 0 Å². The van der Waals surface area contributed by atoms with E-state index in [-0.39, 0.29) is 5.11 Å². The van der Waals surface area contributed by atoms with Gasteiger partial charge in [0.05, 0.1) is 16.6 Å². The monoisotopic (exact) mass is 492 g/mol. The summed E-state index contributed by atoms with van der Waals surface area (Å²) in [6.45, 7) is 2.32. The SMILES string of the molecule is Cc1cc(=O)oc2cc(NC(=S)Nc3nn(Cc4ccc(Cl)c(Cl)c4)cc3Cl)ccc12. The number of aryl methyl sites for hydroxylation is 1. The van der Waals surface area contributed by atoms with Crippen molar-refractivity contribution in [1.29, 1.82) is 0 Å². The highest BCUT2D eigenvalue weighted by Crippen LogP contribution is 2.25. The van der Waals surface area contributed by atoms with Gasteiger partial charge in [-0.15, -0.1) is 0 Å². The Bertz CT molecular complexity index is 1370. The smallest absolute Gasteiger partial charge is 0.336 e. The fourth-order valence-corrected chi connectivity index (χ4v) is 3.79. The molecular weight excluding hydrogens is 479 g/mol. The van der Waals surface area contributed by atoms with Gasteiger partial charge in [-0.3, -0.25) is 4.68 Å². The van der Waals surface area contributed by atoms with Crippen LogP contribution in [0.3, 0.4) is 0 Å². The van der Waals surface area contributed by atoms with Crippen molar-refractivity contribution in [3.63, 3.8) is 0 Å². The highest BCUT2D eigenvalue weighted by atomic mass is 35.5. The highest BCUT2D eigenvalue weighted by molar-refractivity contribution is 7.80. The van der Waals surface area contributed by atoms with Crippen molar-refractivity contribution in [3.05, 3.63) is 85.3 Å². The molecule has 0 unspecified atom stereocenters. The van der Waals surface area contributed by atoms with E-state index in [1.165, 1.54) is 6.07 Å². The van der Waals surface area contributed by atoms with Gasteiger partial charge in [0, 0.05) is 29.4 Å². The lowest BCUT2D eigenvalue weighted by atomic mass is 10.1. The minimum atomic E-state index is -0.401. The van der Waals surface area contributed by atoms with Crippen LogP contribution in [-0.4, -0.2) is 14.9 Å². The maximum Gasteiger partial charge on any atom is 0.336 e. The second-order valence-corrected chi connectivity index (χ2v) is 8.44. The second kappa shape index (κ2) is 8.88. The van der Waals surface area contributed by atoms with E-state index in [9.17, 15) is 4.79 Å². The van der Waals surface area contributed by atoms with Crippen molar-refractivity contribution in [2.75, 3.05) is 10.6 Å². The van der Waals surface area contributed by atoms with Crippen LogP contribution in [0.5, 0.6) is 0 Å². The number of halogens is 3. The first kappa shape index (κ1) is 21.6. The van der Waals surface area contributed by atoms with Crippen LogP contribution < -0.4 is 16.3 Å². The number of hydrogen-bond acceptors (Lipinski definition) is 4. The summed E-state index contributed by atoms with van der Waals surface area (Å²) in [7, 11) is 0. The lowest BCUT2D eigenvalue weighted by Crippen LogP contribution is -2.19. The summed E-state index contributed by atoms with van der Waals surface area (Å²) in [4.78, 5) is 11.6. The second-order valence-electron chi connectivity index (χ2n) is 6.81. The van der Waals surface area contributed by atoms with Crippen LogP contribution in [0, 0.1) is 6.92 Å². The lowest BCUT2D eigenvalue weighted by molar-refractivity contribution is 0.560. The molecule has 0 aliphatic rings. The molecule has 0 saturated carbocycles. The summed E-state index contributed by atoms with van der Waals surface area (Å²) in [5.41, 5.74) is 2.50. The molecule has 2 N–H and O–H groups in total. The summed E-state index contributed by atoms with van der Waals surface area (Å²) < 4.78 is 6.93. The summed E-state index contributed by atoms with van der Waals surface area (Å²) in [6, 6.07) is 12.2. The third kappa shape index (κ3) is 5.02. The molecule has 0 atom stereocenters. The van der Waals surface area contributed by atoms with E-state index in [1.54, 1.807) is 29.1 Å². The summed E-state index contributed by atoms with van der Waals surface area (Å²) in [6.07, 6.45) is 1.68. The standard InChI is InChI=1S/C21H15Cl3N4O2S/c1-11-6-19(29)30-18-8-13(3-4-14(11)18)25-21(31)26-20-17(24)10-28(27-20)9-12-2-5-15(22)16(23)7-12/h2-8,10H,9H2,1H3,(H2,25,26,27,31). The van der Waals surface area contributed by atoms with Crippen molar-refractivity contribution >= 4 is 74.6 Å². The van der Waals surface area contributed by atoms with Crippen LogP contribution >= 0.6 is 47.0 Å². The molecule has 0 bridgehead atoms. The van der Waals surface area contributed by atoms with E-state index >= 15 is 0 Å². The molecule has 0 aliphatic heterocycles. The third-order valence-corrected chi connectivity index (χ3v) is 5.71. The van der Waals surface area contributed by atoms with Crippen LogP contribution in [0.2, 0.25) is 15.1 Å². The Labute approximate surface area is 197 Å². The number of anilines is 2. The molecule has 2 heterocycles. The van der Waals surface area contributed by atoms with Gasteiger partial charge in [0.15, 0.2) is 10.9 Å². The molecule has 31 heavy (non-hydrogen) atoms. The van der Waals surface area contributed by atoms with Crippen molar-refractivity contribution < 1.29 is 4.42 Å². The molecule has 0 aliphatic carbocycles. The number of thiocarbonyl (C=S) groups is 1. The number of aromatic nitrogens is 2. The molecule has 10 heteroatoms. The van der Waals surface area contributed by atoms with Gasteiger partial charge in [-0.25, -0.2) is 4.79 Å². The Morgan fingerprint density at radius 3 is 2.65 bits per heavy atom. The van der Waals surface area contributed by atoms with E-state index < -0.39 is 5.63 Å². The Hall–Kier alpha value is -2.58. The molecule has 0 radical (unpaired) electrons. The van der Waals surface area contributed by atoms with E-state index in [2.05, 4.69) is 15.7 Å². The van der Waals surface area contributed by atoms with Crippen molar-refractivity contribution in [2.45, 2.75) is 13.5 Å². The fourth-order valence-electron chi connectivity index (χ4n) is 3.06. The average molecular weight is 494 g/mol. The lowest BCUT2D eigenvalue weighted by Gasteiger charge is -2.10. The number of benzene rings is 2. The molecule has 0 amide bonds. The maximum atomic E-state index is 11.6. The molecule has 158 valence electrons. The largest absolute Gasteiger partial charge is 0.423 e. The van der Waals surface area contributed by atoms with Crippen LogP contribution in [0.1, 0.15) is 11.1 Å². The molecule has 2 aromatic carbocycles. The fraction of sp³-hybridized carbons (Fsp3) is 0.0952. The number of nitrogens with zero attached hydrogens (tertiary/aromatic N) is 2. The van der Waals surface area contributed by atoms with Crippen LogP contribution in [0.25, 0.3) is 11.0 Å². The molecule has 4 rings (SSSR count). The van der Waals surface area contributed by atoms with Gasteiger partial charge in [-0.1, -0.05) is 40.9 Å². The van der Waals surface area contributed by atoms with Gasteiger partial charge in [0.1, 0.15) is 10.6 Å². The van der Waals surface area contributed by atoms with Gasteiger partial charge >= 0.3 is 5.63 Å². The first-order valence-electron chi connectivity index (χ1n) is 9.08. The van der Waals surface area contributed by atoms with E-state index in [0.29, 0.717) is 38.7 Å². The minimum absolute atomic E-state index is 0.288. The maximum absolute atomic E-state index is 11.6. The zero-order valence-corrected chi connectivity index (χ0v) is 19.2. The Kier molecular flexibility index (Phi) is 6.20. The van der Waals surface area contributed by atoms with Gasteiger partial charge in [-0.2, -0.15) is 5.10 Å². The molecule has 0 spiro atoms. The molecule has 2 aromatic heterocycles. The van der Waals surface area contributed by atoms with Gasteiger partial charge in [-0.05, 0) is 54.5 Å². The number of rotatable bonds is 4. The van der Waals surface area contributed by atoms with Crippen LogP contribution in [0.4, 0.5) is 11.5 Å². The normalized spacial score (nSPS) is 11.0. The first-order valence-corrected chi connectivity index (χ1v) is 10.6. The number of nitrogens with one attached hydrogen (secondary N) is 2. The summed E-state index contributed by atoms with van der Waals surface area (Å²) >= 11 is 23.7. The van der Waals surface area contributed by atoms with Crippen LogP contribution in [0.15, 0.2) is 57.9 Å².